The second-order valence-corrected chi connectivity index (χ2v) is 6.04. The van der Waals surface area contributed by atoms with Crippen molar-refractivity contribution in [2.45, 2.75) is 19.8 Å². The van der Waals surface area contributed by atoms with Crippen LogP contribution in [-0.2, 0) is 13.9 Å². The smallest absolute Gasteiger partial charge is 0.324 e. The Morgan fingerprint density at radius 1 is 1.40 bits per heavy atom. The molecule has 0 bridgehead atoms. The van der Waals surface area contributed by atoms with Crippen molar-refractivity contribution in [3.05, 3.63) is 30.1 Å². The molecule has 0 radical (unpaired) electrons. The zero-order valence-corrected chi connectivity index (χ0v) is 11.9. The second kappa shape index (κ2) is 7.50. The Kier molecular flexibility index (Phi) is 6.29. The summed E-state index contributed by atoms with van der Waals surface area (Å²) >= 11 is 0. The Morgan fingerprint density at radius 2 is 2.00 bits per heavy atom. The van der Waals surface area contributed by atoms with Gasteiger partial charge < -0.3 is 9.42 Å². The van der Waals surface area contributed by atoms with Crippen LogP contribution in [-0.4, -0.2) is 28.8 Å². The second-order valence-electron chi connectivity index (χ2n) is 4.06. The van der Waals surface area contributed by atoms with Crippen molar-refractivity contribution in [2.75, 3.05) is 17.8 Å². The third-order valence-corrected chi connectivity index (χ3v) is 4.01. The van der Waals surface area contributed by atoms with Crippen molar-refractivity contribution in [3.8, 4) is 0 Å². The summed E-state index contributed by atoms with van der Waals surface area (Å²) in [5.74, 6) is -1.12. The standard InChI is InChI=1S/C12H17FNO5P/c1-2-19-20(17,18)9-3-4-12(15)14(16)11-7-5-10(13)6-8-11/h5-8,16H,2-4,9H2,1H3,(H,17,18). The van der Waals surface area contributed by atoms with Gasteiger partial charge in [-0.2, -0.15) is 5.06 Å². The lowest BCUT2D eigenvalue weighted by molar-refractivity contribution is -0.123. The molecule has 6 nitrogen and oxygen atoms in total. The number of hydrogen-bond donors (Lipinski definition) is 2. The average Bonchev–Trinajstić information content (AvgIpc) is 2.38. The van der Waals surface area contributed by atoms with E-state index in [9.17, 15) is 23.9 Å². The summed E-state index contributed by atoms with van der Waals surface area (Å²) in [6, 6.07) is 4.74. The highest BCUT2D eigenvalue weighted by Crippen LogP contribution is 2.42. The molecule has 0 aromatic heterocycles. The lowest BCUT2D eigenvalue weighted by atomic mass is 10.2. The Morgan fingerprint density at radius 3 is 2.55 bits per heavy atom. The summed E-state index contributed by atoms with van der Waals surface area (Å²) in [5.41, 5.74) is 0.133. The maximum absolute atomic E-state index is 12.7. The maximum atomic E-state index is 12.7. The molecule has 0 heterocycles. The fourth-order valence-corrected chi connectivity index (χ4v) is 2.62. The molecule has 1 rings (SSSR count). The molecule has 2 N–H and O–H groups in total. The van der Waals surface area contributed by atoms with Gasteiger partial charge in [-0.25, -0.2) is 4.39 Å². The van der Waals surface area contributed by atoms with Crippen LogP contribution in [0.3, 0.4) is 0 Å². The monoisotopic (exact) mass is 305 g/mol. The summed E-state index contributed by atoms with van der Waals surface area (Å²) in [5, 5.41) is 10.0. The predicted molar refractivity (Wildman–Crippen MR) is 71.2 cm³/mol. The normalized spacial score (nSPS) is 13.8. The molecular weight excluding hydrogens is 288 g/mol. The van der Waals surface area contributed by atoms with E-state index in [-0.39, 0.29) is 31.3 Å². The van der Waals surface area contributed by atoms with E-state index >= 15 is 0 Å². The van der Waals surface area contributed by atoms with E-state index < -0.39 is 19.3 Å². The zero-order chi connectivity index (χ0) is 15.2. The van der Waals surface area contributed by atoms with Crippen LogP contribution in [0, 0.1) is 5.82 Å². The van der Waals surface area contributed by atoms with Crippen LogP contribution in [0.4, 0.5) is 10.1 Å². The molecule has 8 heteroatoms. The fourth-order valence-electron chi connectivity index (χ4n) is 1.53. The van der Waals surface area contributed by atoms with Crippen LogP contribution in [0.15, 0.2) is 24.3 Å². The first-order valence-electron chi connectivity index (χ1n) is 6.09. The van der Waals surface area contributed by atoms with Crippen molar-refractivity contribution < 1.29 is 28.4 Å². The molecule has 1 aromatic rings. The molecule has 0 aliphatic rings. The molecule has 20 heavy (non-hydrogen) atoms. The van der Waals surface area contributed by atoms with E-state index in [1.807, 2.05) is 0 Å². The highest BCUT2D eigenvalue weighted by Gasteiger charge is 2.20. The van der Waals surface area contributed by atoms with Gasteiger partial charge in [0.05, 0.1) is 18.5 Å². The number of hydroxylamine groups is 1. The molecule has 1 amide bonds. The van der Waals surface area contributed by atoms with Crippen LogP contribution >= 0.6 is 7.60 Å². The van der Waals surface area contributed by atoms with Crippen LogP contribution in [0.2, 0.25) is 0 Å². The number of carbonyl (C=O) groups excluding carboxylic acids is 1. The van der Waals surface area contributed by atoms with Gasteiger partial charge in [0.15, 0.2) is 0 Å². The molecule has 0 saturated carbocycles. The third kappa shape index (κ3) is 5.38. The Hall–Kier alpha value is -1.27. The van der Waals surface area contributed by atoms with E-state index in [1.54, 1.807) is 6.92 Å². The number of halogens is 1. The number of carbonyl (C=O) groups is 1. The molecule has 0 aliphatic heterocycles. The van der Waals surface area contributed by atoms with Gasteiger partial charge in [0.25, 0.3) is 5.91 Å². The Labute approximate surface area is 116 Å². The first-order chi connectivity index (χ1) is 9.35. The lowest BCUT2D eigenvalue weighted by Crippen LogP contribution is -2.26. The summed E-state index contributed by atoms with van der Waals surface area (Å²) in [6.07, 6.45) is -0.180. The topological polar surface area (TPSA) is 87.1 Å². The molecule has 0 saturated heterocycles. The minimum absolute atomic E-state index is 0.102. The van der Waals surface area contributed by atoms with Crippen molar-refractivity contribution in [1.82, 2.24) is 0 Å². The van der Waals surface area contributed by atoms with Gasteiger partial charge in [0, 0.05) is 6.42 Å². The van der Waals surface area contributed by atoms with Crippen molar-refractivity contribution in [1.29, 1.82) is 0 Å². The summed E-state index contributed by atoms with van der Waals surface area (Å²) in [7, 11) is -3.66. The number of hydrogen-bond acceptors (Lipinski definition) is 4. The molecule has 1 unspecified atom stereocenters. The molecule has 112 valence electrons. The summed E-state index contributed by atoms with van der Waals surface area (Å²) in [6.45, 7) is 1.71. The number of rotatable bonds is 7. The number of nitrogens with zero attached hydrogens (tertiary/aromatic N) is 1. The SMILES string of the molecule is CCOP(=O)(O)CCCC(=O)N(O)c1ccc(F)cc1. The van der Waals surface area contributed by atoms with Crippen molar-refractivity contribution >= 4 is 19.2 Å². The molecular formula is C12H17FNO5P. The third-order valence-electron chi connectivity index (χ3n) is 2.47. The van der Waals surface area contributed by atoms with Gasteiger partial charge in [-0.15, -0.1) is 0 Å². The largest absolute Gasteiger partial charge is 0.328 e. The molecule has 1 atom stereocenters. The molecule has 0 aliphatic carbocycles. The highest BCUT2D eigenvalue weighted by molar-refractivity contribution is 7.52. The number of amides is 1. The van der Waals surface area contributed by atoms with E-state index in [1.165, 1.54) is 12.1 Å². The number of anilines is 1. The fraction of sp³-hybridized carbons (Fsp3) is 0.417. The highest BCUT2D eigenvalue weighted by atomic mass is 31.2. The molecule has 0 spiro atoms. The van der Waals surface area contributed by atoms with Crippen molar-refractivity contribution in [3.63, 3.8) is 0 Å². The first-order valence-corrected chi connectivity index (χ1v) is 7.86. The van der Waals surface area contributed by atoms with Gasteiger partial charge >= 0.3 is 7.60 Å². The van der Waals surface area contributed by atoms with E-state index in [0.29, 0.717) is 5.06 Å². The Balaban J connectivity index is 2.47. The quantitative estimate of drug-likeness (QED) is 0.459. The maximum Gasteiger partial charge on any atom is 0.328 e. The first kappa shape index (κ1) is 16.8. The number of benzene rings is 1. The van der Waals surface area contributed by atoms with Gasteiger partial charge in [-0.3, -0.25) is 14.6 Å². The van der Waals surface area contributed by atoms with Crippen LogP contribution in [0.5, 0.6) is 0 Å². The minimum atomic E-state index is -3.66. The van der Waals surface area contributed by atoms with E-state index in [0.717, 1.165) is 12.1 Å². The molecule has 0 fully saturated rings. The average molecular weight is 305 g/mol. The minimum Gasteiger partial charge on any atom is -0.324 e. The summed E-state index contributed by atoms with van der Waals surface area (Å²) in [4.78, 5) is 21.0. The van der Waals surface area contributed by atoms with Gasteiger partial charge in [-0.05, 0) is 37.6 Å². The molecule has 1 aromatic carbocycles. The zero-order valence-electron chi connectivity index (χ0n) is 11.0. The van der Waals surface area contributed by atoms with Crippen LogP contribution in [0.1, 0.15) is 19.8 Å². The van der Waals surface area contributed by atoms with E-state index in [2.05, 4.69) is 4.52 Å². The predicted octanol–water partition coefficient (Wildman–Crippen LogP) is 2.55. The van der Waals surface area contributed by atoms with Crippen LogP contribution in [0.25, 0.3) is 0 Å². The van der Waals surface area contributed by atoms with Gasteiger partial charge in [0.1, 0.15) is 5.82 Å². The van der Waals surface area contributed by atoms with Crippen molar-refractivity contribution in [2.24, 2.45) is 0 Å². The lowest BCUT2D eigenvalue weighted by Gasteiger charge is -2.15. The summed E-state index contributed by atoms with van der Waals surface area (Å²) < 4.78 is 28.7. The Bertz CT molecular complexity index is 493. The van der Waals surface area contributed by atoms with E-state index in [4.69, 9.17) is 0 Å². The van der Waals surface area contributed by atoms with Gasteiger partial charge in [0.2, 0.25) is 0 Å². The van der Waals surface area contributed by atoms with Gasteiger partial charge in [-0.1, -0.05) is 0 Å². The van der Waals surface area contributed by atoms with Crippen LogP contribution < -0.4 is 5.06 Å².